The van der Waals surface area contributed by atoms with Crippen LogP contribution >= 0.6 is 0 Å². The maximum atomic E-state index is 2.36. The van der Waals surface area contributed by atoms with Crippen molar-refractivity contribution in [3.05, 3.63) is 108 Å². The van der Waals surface area contributed by atoms with Crippen molar-refractivity contribution in [2.75, 3.05) is 26.2 Å². The van der Waals surface area contributed by atoms with Crippen LogP contribution in [0.1, 0.15) is 23.6 Å². The number of benzene rings is 3. The molecule has 0 heterocycles. The lowest BCUT2D eigenvalue weighted by Gasteiger charge is -2.38. The predicted octanol–water partition coefficient (Wildman–Crippen LogP) is 2.56. The van der Waals surface area contributed by atoms with Crippen molar-refractivity contribution < 1.29 is 21.5 Å². The van der Waals surface area contributed by atoms with E-state index in [1.165, 1.54) is 47.4 Å². The number of hydrogen-bond donors (Lipinski definition) is 0. The Labute approximate surface area is 181 Å². The monoisotopic (exact) mass is 437 g/mol. The van der Waals surface area contributed by atoms with E-state index >= 15 is 0 Å². The molecule has 0 aliphatic rings. The molecule has 0 saturated carbocycles. The number of hydrogen-bond acceptors (Lipinski definition) is 0. The van der Waals surface area contributed by atoms with Crippen LogP contribution in [0.4, 0.5) is 0 Å². The van der Waals surface area contributed by atoms with Crippen LogP contribution in [0.25, 0.3) is 0 Å². The summed E-state index contributed by atoms with van der Waals surface area (Å²) in [5.74, 6) is 0. The van der Waals surface area contributed by atoms with E-state index in [4.69, 9.17) is 0 Å². The minimum Gasteiger partial charge on any atom is -1.00 e. The van der Waals surface area contributed by atoms with Crippen molar-refractivity contribution in [3.8, 4) is 0 Å². The topological polar surface area (TPSA) is 0 Å². The van der Waals surface area contributed by atoms with Crippen molar-refractivity contribution >= 4 is 0 Å². The molecule has 0 aromatic heterocycles. The first-order valence-corrected chi connectivity index (χ1v) is 10.3. The summed E-state index contributed by atoms with van der Waals surface area (Å²) in [4.78, 5) is 0. The maximum absolute atomic E-state index is 2.36. The molecule has 148 valence electrons. The predicted molar refractivity (Wildman–Crippen MR) is 116 cm³/mol. The Hall–Kier alpha value is -1.90. The van der Waals surface area contributed by atoms with Crippen LogP contribution in [0.2, 0.25) is 0 Å². The van der Waals surface area contributed by atoms with E-state index < -0.39 is 0 Å². The summed E-state index contributed by atoms with van der Waals surface area (Å²) in [6.45, 7) is 7.17. The first kappa shape index (κ1) is 22.4. The number of halogens is 1. The van der Waals surface area contributed by atoms with Crippen molar-refractivity contribution in [1.29, 1.82) is 0 Å². The van der Waals surface area contributed by atoms with Gasteiger partial charge >= 0.3 is 0 Å². The Morgan fingerprint density at radius 3 is 1.04 bits per heavy atom. The van der Waals surface area contributed by atoms with Crippen molar-refractivity contribution in [3.63, 3.8) is 0 Å². The van der Waals surface area contributed by atoms with Crippen LogP contribution in [0.5, 0.6) is 0 Å². The van der Waals surface area contributed by atoms with Crippen LogP contribution in [-0.2, 0) is 19.3 Å². The standard InChI is InChI=1S/C26H32N.BrH/c1-2-27(21-18-24-12-6-3-7-13-24,22-19-25-14-8-4-9-15-25)23-20-26-16-10-5-11-17-26;/h3-17H,2,18-23H2,1H3;1H/q+1;/p-1. The second-order valence-electron chi connectivity index (χ2n) is 7.54. The zero-order valence-electron chi connectivity index (χ0n) is 16.9. The normalized spacial score (nSPS) is 11.0. The molecule has 0 atom stereocenters. The number of quaternary nitrogens is 1. The molecule has 0 saturated heterocycles. The minimum atomic E-state index is 0. The van der Waals surface area contributed by atoms with E-state index in [0.717, 1.165) is 19.3 Å². The summed E-state index contributed by atoms with van der Waals surface area (Å²) in [5, 5.41) is 0. The van der Waals surface area contributed by atoms with E-state index in [1.807, 2.05) is 0 Å². The largest absolute Gasteiger partial charge is 1.00 e. The quantitative estimate of drug-likeness (QED) is 0.427. The van der Waals surface area contributed by atoms with Gasteiger partial charge in [-0.25, -0.2) is 0 Å². The average molecular weight is 438 g/mol. The summed E-state index contributed by atoms with van der Waals surface area (Å²) in [5.41, 5.74) is 4.36. The third-order valence-corrected chi connectivity index (χ3v) is 5.82. The summed E-state index contributed by atoms with van der Waals surface area (Å²) in [6, 6.07) is 32.8. The second kappa shape index (κ2) is 11.8. The van der Waals surface area contributed by atoms with Gasteiger partial charge in [-0.3, -0.25) is 0 Å². The van der Waals surface area contributed by atoms with Crippen LogP contribution in [-0.4, -0.2) is 30.7 Å². The molecule has 0 bridgehead atoms. The number of nitrogens with zero attached hydrogens (tertiary/aromatic N) is 1. The molecular formula is C26H32BrN. The molecule has 0 radical (unpaired) electrons. The van der Waals surface area contributed by atoms with Gasteiger partial charge in [0.2, 0.25) is 0 Å². The zero-order valence-corrected chi connectivity index (χ0v) is 18.5. The molecule has 0 amide bonds. The van der Waals surface area contributed by atoms with E-state index in [9.17, 15) is 0 Å². The molecule has 3 rings (SSSR count). The minimum absolute atomic E-state index is 0. The van der Waals surface area contributed by atoms with Crippen LogP contribution in [0.15, 0.2) is 91.0 Å². The van der Waals surface area contributed by atoms with Gasteiger partial charge < -0.3 is 21.5 Å². The molecule has 0 spiro atoms. The Morgan fingerprint density at radius 2 is 0.786 bits per heavy atom. The van der Waals surface area contributed by atoms with E-state index in [-0.39, 0.29) is 17.0 Å². The highest BCUT2D eigenvalue weighted by molar-refractivity contribution is 5.16. The third kappa shape index (κ3) is 6.92. The summed E-state index contributed by atoms with van der Waals surface area (Å²) in [6.07, 6.45) is 3.45. The Morgan fingerprint density at radius 1 is 0.500 bits per heavy atom. The fourth-order valence-electron chi connectivity index (χ4n) is 3.84. The third-order valence-electron chi connectivity index (χ3n) is 5.82. The number of rotatable bonds is 10. The van der Waals surface area contributed by atoms with Gasteiger partial charge in [-0.2, -0.15) is 0 Å². The molecule has 0 fully saturated rings. The molecule has 0 unspecified atom stereocenters. The summed E-state index contributed by atoms with van der Waals surface area (Å²) >= 11 is 0. The molecular weight excluding hydrogens is 406 g/mol. The van der Waals surface area contributed by atoms with Crippen molar-refractivity contribution in [2.45, 2.75) is 26.2 Å². The van der Waals surface area contributed by atoms with Gasteiger partial charge in [0, 0.05) is 19.3 Å². The van der Waals surface area contributed by atoms with Gasteiger partial charge in [0.15, 0.2) is 0 Å². The first-order chi connectivity index (χ1) is 13.3. The molecule has 28 heavy (non-hydrogen) atoms. The van der Waals surface area contributed by atoms with Gasteiger partial charge in [0.1, 0.15) is 0 Å². The van der Waals surface area contributed by atoms with Gasteiger partial charge in [-0.1, -0.05) is 91.0 Å². The maximum Gasteiger partial charge on any atom is 0.0827 e. The SMILES string of the molecule is CC[N+](CCc1ccccc1)(CCc1ccccc1)CCc1ccccc1.[Br-]. The molecule has 1 nitrogen and oxygen atoms in total. The Balaban J connectivity index is 0.00000280. The highest BCUT2D eigenvalue weighted by Crippen LogP contribution is 2.15. The smallest absolute Gasteiger partial charge is 0.0827 e. The van der Waals surface area contributed by atoms with Gasteiger partial charge in [-0.15, -0.1) is 0 Å². The van der Waals surface area contributed by atoms with E-state index in [0.29, 0.717) is 0 Å². The highest BCUT2D eigenvalue weighted by atomic mass is 79.9. The van der Waals surface area contributed by atoms with Crippen molar-refractivity contribution in [2.24, 2.45) is 0 Å². The van der Waals surface area contributed by atoms with Crippen LogP contribution < -0.4 is 17.0 Å². The molecule has 0 aliphatic carbocycles. The molecule has 2 heteroatoms. The van der Waals surface area contributed by atoms with Crippen LogP contribution in [0.3, 0.4) is 0 Å². The fourth-order valence-corrected chi connectivity index (χ4v) is 3.84. The summed E-state index contributed by atoms with van der Waals surface area (Å²) in [7, 11) is 0. The Kier molecular flexibility index (Phi) is 9.46. The highest BCUT2D eigenvalue weighted by Gasteiger charge is 2.25. The summed E-state index contributed by atoms with van der Waals surface area (Å²) < 4.78 is 1.18. The average Bonchev–Trinajstić information content (AvgIpc) is 2.76. The lowest BCUT2D eigenvalue weighted by atomic mass is 10.1. The fraction of sp³-hybridized carbons (Fsp3) is 0.308. The first-order valence-electron chi connectivity index (χ1n) is 10.3. The van der Waals surface area contributed by atoms with Gasteiger partial charge in [0.05, 0.1) is 26.2 Å². The number of likely N-dealkylation sites (N-methyl/N-ethyl adjacent to an activating group) is 1. The lowest BCUT2D eigenvalue weighted by Crippen LogP contribution is -3.00. The van der Waals surface area contributed by atoms with Crippen LogP contribution in [0, 0.1) is 0 Å². The second-order valence-corrected chi connectivity index (χ2v) is 7.54. The molecule has 0 N–H and O–H groups in total. The van der Waals surface area contributed by atoms with E-state index in [2.05, 4.69) is 97.9 Å². The van der Waals surface area contributed by atoms with Crippen molar-refractivity contribution in [1.82, 2.24) is 0 Å². The molecule has 3 aromatic rings. The lowest BCUT2D eigenvalue weighted by molar-refractivity contribution is -0.926. The molecule has 3 aromatic carbocycles. The molecule has 0 aliphatic heterocycles. The van der Waals surface area contributed by atoms with E-state index in [1.54, 1.807) is 0 Å². The van der Waals surface area contributed by atoms with Gasteiger partial charge in [-0.05, 0) is 23.6 Å². The zero-order chi connectivity index (χ0) is 18.8. The Bertz CT molecular complexity index is 665. The van der Waals surface area contributed by atoms with Gasteiger partial charge in [0.25, 0.3) is 0 Å².